The van der Waals surface area contributed by atoms with Crippen molar-refractivity contribution in [3.63, 3.8) is 0 Å². The van der Waals surface area contributed by atoms with E-state index < -0.39 is 10.0 Å². The highest BCUT2D eigenvalue weighted by atomic mass is 32.2. The number of hydrogen-bond acceptors (Lipinski definition) is 5. The monoisotopic (exact) mass is 499 g/mol. The minimum absolute atomic E-state index is 0.0409. The van der Waals surface area contributed by atoms with Gasteiger partial charge < -0.3 is 9.64 Å². The number of hydrogen-bond donors (Lipinski definition) is 0. The van der Waals surface area contributed by atoms with E-state index in [4.69, 9.17) is 4.74 Å². The van der Waals surface area contributed by atoms with E-state index >= 15 is 0 Å². The van der Waals surface area contributed by atoms with Gasteiger partial charge in [0.2, 0.25) is 10.0 Å². The summed E-state index contributed by atoms with van der Waals surface area (Å²) in [5.74, 6) is 0.807. The van der Waals surface area contributed by atoms with Gasteiger partial charge in [-0.2, -0.15) is 4.31 Å². The van der Waals surface area contributed by atoms with Crippen molar-refractivity contribution in [1.82, 2.24) is 14.1 Å². The molecule has 0 N–H and O–H groups in total. The lowest BCUT2D eigenvalue weighted by atomic mass is 9.96. The van der Waals surface area contributed by atoms with Crippen molar-refractivity contribution in [3.05, 3.63) is 59.7 Å². The smallest absolute Gasteiger partial charge is 0.253 e. The highest BCUT2D eigenvalue weighted by Gasteiger charge is 2.29. The first-order chi connectivity index (χ1) is 16.9. The van der Waals surface area contributed by atoms with Crippen molar-refractivity contribution in [3.8, 4) is 5.75 Å². The van der Waals surface area contributed by atoms with Crippen LogP contribution < -0.4 is 4.74 Å². The second-order valence-corrected chi connectivity index (χ2v) is 11.6. The van der Waals surface area contributed by atoms with E-state index in [0.29, 0.717) is 18.7 Å². The summed E-state index contributed by atoms with van der Waals surface area (Å²) in [6.07, 6.45) is 6.06. The van der Waals surface area contributed by atoms with E-state index in [0.717, 1.165) is 57.5 Å². The van der Waals surface area contributed by atoms with Gasteiger partial charge in [-0.25, -0.2) is 8.42 Å². The molecule has 1 aliphatic carbocycles. The van der Waals surface area contributed by atoms with Gasteiger partial charge in [-0.3, -0.25) is 9.69 Å². The molecule has 35 heavy (non-hydrogen) atoms. The number of nitrogens with zero attached hydrogens (tertiary/aromatic N) is 3. The Bertz CT molecular complexity index is 1080. The molecule has 7 nitrogen and oxygen atoms in total. The molecule has 1 heterocycles. The van der Waals surface area contributed by atoms with Crippen LogP contribution in [0.3, 0.4) is 0 Å². The first-order valence-corrected chi connectivity index (χ1v) is 14.0. The lowest BCUT2D eigenvalue weighted by Gasteiger charge is -2.30. The van der Waals surface area contributed by atoms with Gasteiger partial charge in [-0.05, 0) is 61.2 Å². The van der Waals surface area contributed by atoms with Crippen molar-refractivity contribution in [2.75, 3.05) is 40.3 Å². The van der Waals surface area contributed by atoms with Gasteiger partial charge in [0.05, 0.1) is 12.0 Å². The fraction of sp³-hybridized carbons (Fsp3) is 0.519. The number of amides is 1. The average molecular weight is 500 g/mol. The minimum Gasteiger partial charge on any atom is -0.497 e. The van der Waals surface area contributed by atoms with Crippen molar-refractivity contribution in [2.24, 2.45) is 0 Å². The van der Waals surface area contributed by atoms with Gasteiger partial charge in [0.25, 0.3) is 5.91 Å². The van der Waals surface area contributed by atoms with E-state index in [1.54, 1.807) is 38.4 Å². The van der Waals surface area contributed by atoms with Crippen molar-refractivity contribution in [1.29, 1.82) is 0 Å². The third-order valence-electron chi connectivity index (χ3n) is 7.31. The zero-order chi connectivity index (χ0) is 24.8. The van der Waals surface area contributed by atoms with E-state index in [2.05, 4.69) is 17.0 Å². The molecular weight excluding hydrogens is 462 g/mol. The Kier molecular flexibility index (Phi) is 8.46. The molecule has 0 unspecified atom stereocenters. The van der Waals surface area contributed by atoms with Crippen molar-refractivity contribution >= 4 is 15.9 Å². The first-order valence-electron chi connectivity index (χ1n) is 12.6. The van der Waals surface area contributed by atoms with Crippen LogP contribution in [0.5, 0.6) is 5.75 Å². The van der Waals surface area contributed by atoms with Crippen LogP contribution in [0.25, 0.3) is 0 Å². The van der Waals surface area contributed by atoms with Gasteiger partial charge in [0.1, 0.15) is 5.75 Å². The Labute approximate surface area is 209 Å². The van der Waals surface area contributed by atoms with Crippen LogP contribution in [0.1, 0.15) is 54.4 Å². The molecule has 4 rings (SSSR count). The molecule has 1 saturated heterocycles. The van der Waals surface area contributed by atoms with Crippen molar-refractivity contribution < 1.29 is 17.9 Å². The average Bonchev–Trinajstić information content (AvgIpc) is 3.14. The summed E-state index contributed by atoms with van der Waals surface area (Å²) in [5, 5.41) is 0. The summed E-state index contributed by atoms with van der Waals surface area (Å²) in [6, 6.07) is 14.6. The molecule has 2 aromatic carbocycles. The molecule has 0 aromatic heterocycles. The number of benzene rings is 2. The van der Waals surface area contributed by atoms with Crippen LogP contribution in [0.15, 0.2) is 53.4 Å². The molecule has 1 amide bonds. The quantitative estimate of drug-likeness (QED) is 0.576. The molecule has 190 valence electrons. The minimum atomic E-state index is -3.56. The van der Waals surface area contributed by atoms with Crippen LogP contribution in [0.2, 0.25) is 0 Å². The Balaban J connectivity index is 1.35. The highest BCUT2D eigenvalue weighted by molar-refractivity contribution is 7.89. The summed E-state index contributed by atoms with van der Waals surface area (Å²) >= 11 is 0. The summed E-state index contributed by atoms with van der Waals surface area (Å²) < 4.78 is 33.0. The van der Waals surface area contributed by atoms with Gasteiger partial charge >= 0.3 is 0 Å². The predicted octanol–water partition coefficient (Wildman–Crippen LogP) is 4.00. The lowest BCUT2D eigenvalue weighted by molar-refractivity contribution is 0.0761. The molecule has 0 atom stereocenters. The molecule has 2 aliphatic rings. The number of carbonyl (C=O) groups is 1. The Morgan fingerprint density at radius 3 is 2.26 bits per heavy atom. The molecule has 2 aromatic rings. The maximum absolute atomic E-state index is 13.2. The fourth-order valence-electron chi connectivity index (χ4n) is 5.08. The van der Waals surface area contributed by atoms with Crippen LogP contribution in [0.4, 0.5) is 0 Å². The summed E-state index contributed by atoms with van der Waals surface area (Å²) in [4.78, 5) is 17.7. The van der Waals surface area contributed by atoms with Crippen LogP contribution in [-0.4, -0.2) is 74.8 Å². The van der Waals surface area contributed by atoms with Crippen LogP contribution >= 0.6 is 0 Å². The summed E-state index contributed by atoms with van der Waals surface area (Å²) in [7, 11) is -0.215. The number of sulfonamides is 1. The van der Waals surface area contributed by atoms with E-state index in [-0.39, 0.29) is 16.8 Å². The van der Waals surface area contributed by atoms with Gasteiger partial charge in [0, 0.05) is 51.4 Å². The molecule has 0 radical (unpaired) electrons. The maximum Gasteiger partial charge on any atom is 0.253 e. The molecule has 2 fully saturated rings. The van der Waals surface area contributed by atoms with E-state index in [1.807, 2.05) is 17.0 Å². The third kappa shape index (κ3) is 6.23. The predicted molar refractivity (Wildman–Crippen MR) is 137 cm³/mol. The van der Waals surface area contributed by atoms with Crippen molar-refractivity contribution in [2.45, 2.75) is 56.0 Å². The van der Waals surface area contributed by atoms with Crippen LogP contribution in [-0.2, 0) is 16.6 Å². The Morgan fingerprint density at radius 1 is 0.914 bits per heavy atom. The first kappa shape index (κ1) is 25.7. The summed E-state index contributed by atoms with van der Waals surface area (Å²) in [6.45, 7) is 3.92. The zero-order valence-corrected chi connectivity index (χ0v) is 21.7. The maximum atomic E-state index is 13.2. The zero-order valence-electron chi connectivity index (χ0n) is 20.9. The standard InChI is InChI=1S/C27H37N3O4S/c1-28(24-7-4-3-5-8-24)35(32,33)26-15-11-23(12-16-26)27(31)30-18-6-17-29(19-20-30)21-22-9-13-25(34-2)14-10-22/h9-16,24H,3-8,17-21H2,1-2H3. The largest absolute Gasteiger partial charge is 0.497 e. The number of carbonyl (C=O) groups excluding carboxylic acids is 1. The topological polar surface area (TPSA) is 70.2 Å². The summed E-state index contributed by atoms with van der Waals surface area (Å²) in [5.41, 5.74) is 1.76. The third-order valence-corrected chi connectivity index (χ3v) is 9.23. The molecule has 1 saturated carbocycles. The van der Waals surface area contributed by atoms with Crippen LogP contribution in [0, 0.1) is 0 Å². The lowest BCUT2D eigenvalue weighted by Crippen LogP contribution is -2.38. The van der Waals surface area contributed by atoms with Gasteiger partial charge in [0.15, 0.2) is 0 Å². The number of rotatable bonds is 7. The second kappa shape index (κ2) is 11.5. The molecule has 0 bridgehead atoms. The van der Waals surface area contributed by atoms with E-state index in [1.165, 1.54) is 16.3 Å². The number of ether oxygens (including phenoxy) is 1. The molecule has 0 spiro atoms. The highest BCUT2D eigenvalue weighted by Crippen LogP contribution is 2.26. The molecule has 8 heteroatoms. The Morgan fingerprint density at radius 2 is 1.60 bits per heavy atom. The fourth-order valence-corrected chi connectivity index (χ4v) is 6.50. The van der Waals surface area contributed by atoms with Gasteiger partial charge in [-0.1, -0.05) is 31.4 Å². The SMILES string of the molecule is COc1ccc(CN2CCCN(C(=O)c3ccc(S(=O)(=O)N(C)C4CCCCC4)cc3)CC2)cc1. The Hall–Kier alpha value is -2.42. The van der Waals surface area contributed by atoms with E-state index in [9.17, 15) is 13.2 Å². The molecular formula is C27H37N3O4S. The van der Waals surface area contributed by atoms with Gasteiger partial charge in [-0.15, -0.1) is 0 Å². The normalized spacial score (nSPS) is 18.4. The second-order valence-electron chi connectivity index (χ2n) is 9.61. The number of methoxy groups -OCH3 is 1. The molecule has 1 aliphatic heterocycles.